The van der Waals surface area contributed by atoms with Crippen molar-refractivity contribution in [3.8, 4) is 5.75 Å². The molecule has 40 heavy (non-hydrogen) atoms. The van der Waals surface area contributed by atoms with Crippen LogP contribution in [0.15, 0.2) is 30.5 Å². The molecular weight excluding hydrogens is 526 g/mol. The number of aromatic nitrogens is 2. The van der Waals surface area contributed by atoms with Crippen molar-refractivity contribution in [1.29, 1.82) is 0 Å². The molecule has 2 aliphatic heterocycles. The second kappa shape index (κ2) is 12.7. The molecule has 0 radical (unpaired) electrons. The highest BCUT2D eigenvalue weighted by atomic mass is 19.4. The lowest BCUT2D eigenvalue weighted by Gasteiger charge is -2.47. The molecule has 1 atom stereocenters. The zero-order valence-electron chi connectivity index (χ0n) is 23.2. The number of phenolic OH excluding ortho intramolecular Hbond substituents is 1. The van der Waals surface area contributed by atoms with Gasteiger partial charge in [-0.2, -0.15) is 13.2 Å². The molecule has 1 unspecified atom stereocenters. The molecule has 2 N–H and O–H groups in total. The topological polar surface area (TPSA) is 68.0 Å². The minimum atomic E-state index is -4.60. The number of rotatable bonds is 9. The van der Waals surface area contributed by atoms with E-state index in [4.69, 9.17) is 0 Å². The first-order valence-corrected chi connectivity index (χ1v) is 13.8. The molecule has 0 spiro atoms. The summed E-state index contributed by atoms with van der Waals surface area (Å²) in [5.74, 6) is -1.49. The second-order valence-electron chi connectivity index (χ2n) is 10.7. The van der Waals surface area contributed by atoms with E-state index >= 15 is 0 Å². The molecule has 0 amide bonds. The van der Waals surface area contributed by atoms with E-state index in [1.807, 2.05) is 0 Å². The van der Waals surface area contributed by atoms with Crippen LogP contribution in [0.3, 0.4) is 0 Å². The maximum Gasteiger partial charge on any atom is 0.449 e. The first-order valence-electron chi connectivity index (χ1n) is 13.8. The largest absolute Gasteiger partial charge is 0.511 e. The maximum atomic E-state index is 14.0. The molecule has 11 heteroatoms. The van der Waals surface area contributed by atoms with Gasteiger partial charge in [-0.3, -0.25) is 9.80 Å². The SMILES string of the molecule is C=Cc1c(/C=C(/O)CN2CCN(C3CCN(CCc4ccc(O)cc4F)CC3)C(CC)C2)nc(C(F)(F)F)n1C. The lowest BCUT2D eigenvalue weighted by molar-refractivity contribution is -0.146. The smallest absolute Gasteiger partial charge is 0.449 e. The zero-order chi connectivity index (χ0) is 29.0. The van der Waals surface area contributed by atoms with Crippen molar-refractivity contribution in [2.24, 2.45) is 7.05 Å². The van der Waals surface area contributed by atoms with Gasteiger partial charge >= 0.3 is 6.18 Å². The Morgan fingerprint density at radius 3 is 2.50 bits per heavy atom. The number of nitrogens with zero attached hydrogens (tertiary/aromatic N) is 5. The molecule has 2 saturated heterocycles. The van der Waals surface area contributed by atoms with Crippen molar-refractivity contribution in [3.63, 3.8) is 0 Å². The first kappa shape index (κ1) is 30.1. The number of likely N-dealkylation sites (tertiary alicyclic amines) is 1. The molecule has 0 saturated carbocycles. The molecule has 1 aromatic heterocycles. The van der Waals surface area contributed by atoms with Gasteiger partial charge in [-0.1, -0.05) is 19.6 Å². The molecule has 1 aromatic carbocycles. The van der Waals surface area contributed by atoms with E-state index in [0.29, 0.717) is 24.1 Å². The minimum Gasteiger partial charge on any atom is -0.511 e. The lowest BCUT2D eigenvalue weighted by atomic mass is 9.97. The summed E-state index contributed by atoms with van der Waals surface area (Å²) < 4.78 is 54.8. The number of hydrogen-bond donors (Lipinski definition) is 2. The summed E-state index contributed by atoms with van der Waals surface area (Å²) in [5, 5.41) is 20.1. The van der Waals surface area contributed by atoms with E-state index in [0.717, 1.165) is 69.2 Å². The number of piperidine rings is 1. The molecule has 0 bridgehead atoms. The Morgan fingerprint density at radius 2 is 1.88 bits per heavy atom. The normalized spacial score (nSPS) is 20.8. The Balaban J connectivity index is 1.30. The van der Waals surface area contributed by atoms with Crippen molar-refractivity contribution < 1.29 is 27.8 Å². The van der Waals surface area contributed by atoms with Crippen LogP contribution in [0.25, 0.3) is 12.2 Å². The maximum absolute atomic E-state index is 14.0. The predicted octanol–water partition coefficient (Wildman–Crippen LogP) is 4.93. The molecule has 3 heterocycles. The van der Waals surface area contributed by atoms with Crippen LogP contribution in [0.2, 0.25) is 0 Å². The van der Waals surface area contributed by atoms with Crippen LogP contribution < -0.4 is 0 Å². The van der Waals surface area contributed by atoms with Crippen LogP contribution in [0.1, 0.15) is 49.0 Å². The van der Waals surface area contributed by atoms with Crippen LogP contribution in [0.5, 0.6) is 5.75 Å². The summed E-state index contributed by atoms with van der Waals surface area (Å²) in [6.45, 7) is 11.0. The molecule has 2 aliphatic rings. The number of aromatic hydroxyl groups is 1. The Hall–Kier alpha value is -2.89. The fraction of sp³-hybridized carbons (Fsp3) is 0.552. The van der Waals surface area contributed by atoms with E-state index in [2.05, 4.69) is 33.2 Å². The van der Waals surface area contributed by atoms with E-state index < -0.39 is 12.0 Å². The molecule has 4 rings (SSSR count). The summed E-state index contributed by atoms with van der Waals surface area (Å²) in [5.41, 5.74) is 0.867. The number of alkyl halides is 3. The third-order valence-corrected chi connectivity index (χ3v) is 8.15. The first-order chi connectivity index (χ1) is 19.0. The van der Waals surface area contributed by atoms with Gasteiger partial charge in [-0.15, -0.1) is 0 Å². The van der Waals surface area contributed by atoms with Crippen LogP contribution >= 0.6 is 0 Å². The summed E-state index contributed by atoms with van der Waals surface area (Å²) in [6, 6.07) is 5.10. The summed E-state index contributed by atoms with van der Waals surface area (Å²) in [4.78, 5) is 10.8. The van der Waals surface area contributed by atoms with Crippen LogP contribution in [0, 0.1) is 5.82 Å². The summed E-state index contributed by atoms with van der Waals surface area (Å²) in [7, 11) is 1.28. The summed E-state index contributed by atoms with van der Waals surface area (Å²) in [6.07, 6.45) is 1.64. The molecule has 220 valence electrons. The Morgan fingerprint density at radius 1 is 1.15 bits per heavy atom. The van der Waals surface area contributed by atoms with E-state index in [9.17, 15) is 27.8 Å². The standard InChI is InChI=1S/C29H39F4N5O2/c1-4-21-18-37(19-24(40)17-26-27(5-2)35(3)28(34-26)29(31,32)33)14-15-38(21)22-9-12-36(13-10-22)11-8-20-6-7-23(39)16-25(20)30/h5-7,16-17,21-22,39-40H,2,4,8-15,18-19H2,1,3H3/b24-17+. The fourth-order valence-corrected chi connectivity index (χ4v) is 5.98. The third kappa shape index (κ3) is 7.05. The molecular formula is C29H39F4N5O2. The highest BCUT2D eigenvalue weighted by Gasteiger charge is 2.37. The number of aliphatic hydroxyl groups is 1. The van der Waals surface area contributed by atoms with Crippen molar-refractivity contribution in [3.05, 3.63) is 59.1 Å². The van der Waals surface area contributed by atoms with Crippen molar-refractivity contribution in [1.82, 2.24) is 24.3 Å². The van der Waals surface area contributed by atoms with E-state index in [1.165, 1.54) is 25.3 Å². The quantitative estimate of drug-likeness (QED) is 0.332. The third-order valence-electron chi connectivity index (χ3n) is 8.15. The van der Waals surface area contributed by atoms with Crippen LogP contribution in [0.4, 0.5) is 17.6 Å². The van der Waals surface area contributed by atoms with Crippen molar-refractivity contribution in [2.75, 3.05) is 45.8 Å². The van der Waals surface area contributed by atoms with Gasteiger partial charge in [0, 0.05) is 57.5 Å². The van der Waals surface area contributed by atoms with Gasteiger partial charge in [0.15, 0.2) is 0 Å². The minimum absolute atomic E-state index is 0.0309. The van der Waals surface area contributed by atoms with Crippen molar-refractivity contribution in [2.45, 2.75) is 50.9 Å². The number of aliphatic hydroxyl groups excluding tert-OH is 1. The summed E-state index contributed by atoms with van der Waals surface area (Å²) >= 11 is 0. The van der Waals surface area contributed by atoms with E-state index in [-0.39, 0.29) is 35.3 Å². The number of benzene rings is 1. The molecule has 2 fully saturated rings. The average Bonchev–Trinajstić information content (AvgIpc) is 3.23. The van der Waals surface area contributed by atoms with Crippen molar-refractivity contribution >= 4 is 12.2 Å². The van der Waals surface area contributed by atoms with Gasteiger partial charge in [0.25, 0.3) is 0 Å². The van der Waals surface area contributed by atoms with Crippen LogP contribution in [-0.2, 0) is 19.6 Å². The van der Waals surface area contributed by atoms with E-state index in [1.54, 1.807) is 6.07 Å². The number of piperazine rings is 1. The number of phenols is 1. The highest BCUT2D eigenvalue weighted by molar-refractivity contribution is 5.61. The molecule has 7 nitrogen and oxygen atoms in total. The number of hydrogen-bond acceptors (Lipinski definition) is 6. The van der Waals surface area contributed by atoms with Gasteiger partial charge in [-0.05, 0) is 56.5 Å². The second-order valence-corrected chi connectivity index (χ2v) is 10.7. The van der Waals surface area contributed by atoms with Crippen LogP contribution in [-0.4, -0.2) is 92.4 Å². The number of imidazole rings is 1. The Kier molecular flexibility index (Phi) is 9.58. The van der Waals surface area contributed by atoms with Gasteiger partial charge in [0.1, 0.15) is 17.3 Å². The van der Waals surface area contributed by atoms with Gasteiger partial charge < -0.3 is 19.7 Å². The lowest BCUT2D eigenvalue weighted by Crippen LogP contribution is -2.58. The fourth-order valence-electron chi connectivity index (χ4n) is 5.98. The molecule has 2 aromatic rings. The van der Waals surface area contributed by atoms with Gasteiger partial charge in [-0.25, -0.2) is 9.37 Å². The Bertz CT molecular complexity index is 1200. The number of halogens is 4. The molecule has 0 aliphatic carbocycles. The predicted molar refractivity (Wildman–Crippen MR) is 147 cm³/mol. The Labute approximate surface area is 233 Å². The average molecular weight is 566 g/mol. The zero-order valence-corrected chi connectivity index (χ0v) is 23.2. The van der Waals surface area contributed by atoms with Gasteiger partial charge in [0.05, 0.1) is 17.9 Å². The monoisotopic (exact) mass is 565 g/mol. The highest BCUT2D eigenvalue weighted by Crippen LogP contribution is 2.31. The van der Waals surface area contributed by atoms with Gasteiger partial charge in [0.2, 0.25) is 5.82 Å².